The fraction of sp³-hybridized carbons (Fsp3) is 0.0833. The van der Waals surface area contributed by atoms with Gasteiger partial charge in [0.2, 0.25) is 0 Å². The zero-order valence-electron chi connectivity index (χ0n) is 10.4. The normalized spacial score (nSPS) is 10.4. The number of aromatic nitrogens is 5. The van der Waals surface area contributed by atoms with Gasteiger partial charge in [-0.25, -0.2) is 14.5 Å². The van der Waals surface area contributed by atoms with E-state index in [1.807, 2.05) is 0 Å². The molecule has 20 heavy (non-hydrogen) atoms. The van der Waals surface area contributed by atoms with Gasteiger partial charge in [0.05, 0.1) is 16.9 Å². The summed E-state index contributed by atoms with van der Waals surface area (Å²) >= 11 is 1.26. The van der Waals surface area contributed by atoms with Crippen LogP contribution in [0.25, 0.3) is 5.69 Å². The lowest BCUT2D eigenvalue weighted by Crippen LogP contribution is -2.08. The highest BCUT2D eigenvalue weighted by molar-refractivity contribution is 7.11. The Hall–Kier alpha value is -2.61. The van der Waals surface area contributed by atoms with Crippen molar-refractivity contribution in [3.8, 4) is 11.4 Å². The van der Waals surface area contributed by atoms with Crippen LogP contribution in [0.1, 0.15) is 15.4 Å². The van der Waals surface area contributed by atoms with Gasteiger partial charge in [0, 0.05) is 0 Å². The Balaban J connectivity index is 1.76. The zero-order valence-corrected chi connectivity index (χ0v) is 11.2. The summed E-state index contributed by atoms with van der Waals surface area (Å²) in [4.78, 5) is 16.4. The monoisotopic (exact) mass is 287 g/mol. The topological polar surface area (TPSA) is 82.8 Å². The first-order valence-electron chi connectivity index (χ1n) is 5.70. The van der Waals surface area contributed by atoms with Crippen molar-refractivity contribution >= 4 is 17.3 Å². The molecule has 0 radical (unpaired) electrons. The first-order chi connectivity index (χ1) is 9.74. The SMILES string of the molecule is Cc1ncsc1C(=O)Oc1ccc(-n2cnnn2)cc1. The summed E-state index contributed by atoms with van der Waals surface area (Å²) in [5.41, 5.74) is 3.07. The highest BCUT2D eigenvalue weighted by Crippen LogP contribution is 2.18. The van der Waals surface area contributed by atoms with E-state index in [1.165, 1.54) is 22.3 Å². The smallest absolute Gasteiger partial charge is 0.355 e. The molecule has 0 fully saturated rings. The van der Waals surface area contributed by atoms with Crippen molar-refractivity contribution in [3.05, 3.63) is 46.7 Å². The lowest BCUT2D eigenvalue weighted by molar-refractivity contribution is 0.0739. The first kappa shape index (κ1) is 12.4. The molecule has 2 heterocycles. The van der Waals surface area contributed by atoms with Gasteiger partial charge in [0.1, 0.15) is 17.0 Å². The van der Waals surface area contributed by atoms with E-state index in [4.69, 9.17) is 4.74 Å². The number of esters is 1. The van der Waals surface area contributed by atoms with Crippen molar-refractivity contribution in [2.45, 2.75) is 6.92 Å². The minimum atomic E-state index is -0.403. The van der Waals surface area contributed by atoms with Crippen LogP contribution in [-0.2, 0) is 0 Å². The third kappa shape index (κ3) is 2.41. The van der Waals surface area contributed by atoms with E-state index in [9.17, 15) is 4.79 Å². The van der Waals surface area contributed by atoms with Crippen molar-refractivity contribution in [1.29, 1.82) is 0 Å². The molecular weight excluding hydrogens is 278 g/mol. The number of carbonyl (C=O) groups excluding carboxylic acids is 1. The molecule has 0 bridgehead atoms. The maximum atomic E-state index is 11.9. The molecule has 0 spiro atoms. The molecule has 0 saturated heterocycles. The second kappa shape index (κ2) is 5.17. The molecule has 3 rings (SSSR count). The van der Waals surface area contributed by atoms with Gasteiger partial charge >= 0.3 is 5.97 Å². The third-order valence-electron chi connectivity index (χ3n) is 2.59. The van der Waals surface area contributed by atoms with Gasteiger partial charge < -0.3 is 4.74 Å². The lowest BCUT2D eigenvalue weighted by atomic mass is 10.3. The predicted octanol–water partition coefficient (Wildman–Crippen LogP) is 1.65. The van der Waals surface area contributed by atoms with E-state index in [0.29, 0.717) is 16.3 Å². The van der Waals surface area contributed by atoms with Gasteiger partial charge in [0.25, 0.3) is 0 Å². The number of benzene rings is 1. The molecule has 0 aliphatic carbocycles. The quantitative estimate of drug-likeness (QED) is 0.538. The molecule has 0 N–H and O–H groups in total. The molecule has 2 aromatic heterocycles. The predicted molar refractivity (Wildman–Crippen MR) is 71.0 cm³/mol. The Morgan fingerprint density at radius 2 is 2.10 bits per heavy atom. The number of ether oxygens (including phenoxy) is 1. The van der Waals surface area contributed by atoms with Gasteiger partial charge in [0.15, 0.2) is 0 Å². The van der Waals surface area contributed by atoms with E-state index in [1.54, 1.807) is 36.7 Å². The summed E-state index contributed by atoms with van der Waals surface area (Å²) in [7, 11) is 0. The molecule has 0 saturated carbocycles. The number of nitrogens with zero attached hydrogens (tertiary/aromatic N) is 5. The fourth-order valence-electron chi connectivity index (χ4n) is 1.60. The average Bonchev–Trinajstić information content (AvgIpc) is 3.10. The van der Waals surface area contributed by atoms with Crippen molar-refractivity contribution in [1.82, 2.24) is 25.2 Å². The number of hydrogen-bond acceptors (Lipinski definition) is 7. The van der Waals surface area contributed by atoms with Crippen LogP contribution in [0, 0.1) is 6.92 Å². The van der Waals surface area contributed by atoms with Gasteiger partial charge in [-0.15, -0.1) is 16.4 Å². The highest BCUT2D eigenvalue weighted by Gasteiger charge is 2.14. The Labute approximate surface area is 117 Å². The van der Waals surface area contributed by atoms with Gasteiger partial charge in [-0.3, -0.25) is 0 Å². The van der Waals surface area contributed by atoms with Gasteiger partial charge in [-0.2, -0.15) is 0 Å². The molecule has 0 atom stereocenters. The molecule has 0 aliphatic rings. The number of aryl methyl sites for hydroxylation is 1. The molecule has 0 unspecified atom stereocenters. The van der Waals surface area contributed by atoms with Crippen LogP contribution in [0.5, 0.6) is 5.75 Å². The maximum Gasteiger partial charge on any atom is 0.355 e. The Bertz CT molecular complexity index is 721. The van der Waals surface area contributed by atoms with Crippen molar-refractivity contribution in [2.75, 3.05) is 0 Å². The molecular formula is C12H9N5O2S. The van der Waals surface area contributed by atoms with Crippen LogP contribution in [0.4, 0.5) is 0 Å². The summed E-state index contributed by atoms with van der Waals surface area (Å²) < 4.78 is 6.80. The maximum absolute atomic E-state index is 11.9. The summed E-state index contributed by atoms with van der Waals surface area (Å²) in [5, 5.41) is 10.9. The van der Waals surface area contributed by atoms with Crippen LogP contribution in [-0.4, -0.2) is 31.2 Å². The number of carbonyl (C=O) groups is 1. The lowest BCUT2D eigenvalue weighted by Gasteiger charge is -2.04. The van der Waals surface area contributed by atoms with Crippen LogP contribution in [0.2, 0.25) is 0 Å². The minimum Gasteiger partial charge on any atom is -0.422 e. The van der Waals surface area contributed by atoms with E-state index >= 15 is 0 Å². The van der Waals surface area contributed by atoms with Crippen molar-refractivity contribution in [2.24, 2.45) is 0 Å². The highest BCUT2D eigenvalue weighted by atomic mass is 32.1. The van der Waals surface area contributed by atoms with Crippen molar-refractivity contribution in [3.63, 3.8) is 0 Å². The standard InChI is InChI=1S/C12H9N5O2S/c1-8-11(20-7-13-8)12(18)19-10-4-2-9(3-5-10)17-6-14-15-16-17/h2-7H,1H3. The molecule has 3 aromatic rings. The first-order valence-corrected chi connectivity index (χ1v) is 6.58. The molecule has 100 valence electrons. The second-order valence-electron chi connectivity index (χ2n) is 3.90. The van der Waals surface area contributed by atoms with E-state index < -0.39 is 5.97 Å². The van der Waals surface area contributed by atoms with Gasteiger partial charge in [-0.05, 0) is 41.6 Å². The summed E-state index contributed by atoms with van der Waals surface area (Å²) in [6.45, 7) is 1.77. The summed E-state index contributed by atoms with van der Waals surface area (Å²) in [6, 6.07) is 6.90. The summed E-state index contributed by atoms with van der Waals surface area (Å²) in [5.74, 6) is 0.0554. The Morgan fingerprint density at radius 1 is 1.30 bits per heavy atom. The third-order valence-corrected chi connectivity index (χ3v) is 3.50. The van der Waals surface area contributed by atoms with Gasteiger partial charge in [-0.1, -0.05) is 0 Å². The minimum absolute atomic E-state index is 0.403. The Kier molecular flexibility index (Phi) is 3.21. The van der Waals surface area contributed by atoms with Crippen LogP contribution >= 0.6 is 11.3 Å². The summed E-state index contributed by atoms with van der Waals surface area (Å²) in [6.07, 6.45) is 1.49. The van der Waals surface area contributed by atoms with Crippen LogP contribution in [0.15, 0.2) is 36.1 Å². The number of hydrogen-bond donors (Lipinski definition) is 0. The molecule has 7 nitrogen and oxygen atoms in total. The molecule has 1 aromatic carbocycles. The van der Waals surface area contributed by atoms with E-state index in [-0.39, 0.29) is 0 Å². The molecule has 8 heteroatoms. The zero-order chi connectivity index (χ0) is 13.9. The second-order valence-corrected chi connectivity index (χ2v) is 4.76. The molecule has 0 amide bonds. The number of rotatable bonds is 3. The number of thiazole rings is 1. The molecule has 0 aliphatic heterocycles. The van der Waals surface area contributed by atoms with E-state index in [0.717, 1.165) is 5.69 Å². The fourth-order valence-corrected chi connectivity index (χ4v) is 2.28. The van der Waals surface area contributed by atoms with Crippen LogP contribution in [0.3, 0.4) is 0 Å². The Morgan fingerprint density at radius 3 is 2.70 bits per heavy atom. The number of tetrazole rings is 1. The van der Waals surface area contributed by atoms with Crippen molar-refractivity contribution < 1.29 is 9.53 Å². The average molecular weight is 287 g/mol. The van der Waals surface area contributed by atoms with E-state index in [2.05, 4.69) is 20.5 Å². The largest absolute Gasteiger partial charge is 0.422 e. The van der Waals surface area contributed by atoms with Crippen LogP contribution < -0.4 is 4.74 Å².